The first-order chi connectivity index (χ1) is 9.15. The average molecular weight is 275 g/mol. The second kappa shape index (κ2) is 6.39. The van der Waals surface area contributed by atoms with Crippen LogP contribution in [0, 0.1) is 6.92 Å². The molecule has 0 aliphatic carbocycles. The number of carbonyl (C=O) groups is 1. The minimum Gasteiger partial charge on any atom is -0.425 e. The fourth-order valence-electron chi connectivity index (χ4n) is 1.70. The third-order valence-electron chi connectivity index (χ3n) is 2.80. The standard InChI is InChI=1S/C16H15ClO2/c1-12-6-8-13(9-7-12)10-11-16(18)19-15-5-3-2-4-14(15)17/h2-9H,10-11H2,1H3. The van der Waals surface area contributed by atoms with Gasteiger partial charge < -0.3 is 4.74 Å². The Morgan fingerprint density at radius 1 is 1.11 bits per heavy atom. The van der Waals surface area contributed by atoms with E-state index in [1.54, 1.807) is 24.3 Å². The third-order valence-corrected chi connectivity index (χ3v) is 3.11. The lowest BCUT2D eigenvalue weighted by atomic mass is 10.1. The van der Waals surface area contributed by atoms with E-state index in [1.807, 2.05) is 31.2 Å². The van der Waals surface area contributed by atoms with E-state index < -0.39 is 0 Å². The van der Waals surface area contributed by atoms with Gasteiger partial charge in [0.2, 0.25) is 0 Å². The number of benzene rings is 2. The second-order valence-corrected chi connectivity index (χ2v) is 4.80. The molecule has 0 radical (unpaired) electrons. The molecule has 0 unspecified atom stereocenters. The van der Waals surface area contributed by atoms with Crippen molar-refractivity contribution in [3.63, 3.8) is 0 Å². The molecule has 0 fully saturated rings. The van der Waals surface area contributed by atoms with Crippen LogP contribution in [0.25, 0.3) is 0 Å². The number of carbonyl (C=O) groups excluding carboxylic acids is 1. The van der Waals surface area contributed by atoms with Gasteiger partial charge in [-0.2, -0.15) is 0 Å². The highest BCUT2D eigenvalue weighted by Gasteiger charge is 2.07. The molecule has 19 heavy (non-hydrogen) atoms. The SMILES string of the molecule is Cc1ccc(CCC(=O)Oc2ccccc2Cl)cc1. The van der Waals surface area contributed by atoms with E-state index in [9.17, 15) is 4.79 Å². The minimum absolute atomic E-state index is 0.270. The van der Waals surface area contributed by atoms with Gasteiger partial charge in [-0.15, -0.1) is 0 Å². The van der Waals surface area contributed by atoms with Crippen LogP contribution in [0.2, 0.25) is 5.02 Å². The quantitative estimate of drug-likeness (QED) is 0.617. The smallest absolute Gasteiger partial charge is 0.311 e. The van der Waals surface area contributed by atoms with Crippen LogP contribution in [0.5, 0.6) is 5.75 Å². The van der Waals surface area contributed by atoms with Crippen molar-refractivity contribution < 1.29 is 9.53 Å². The van der Waals surface area contributed by atoms with E-state index in [2.05, 4.69) is 0 Å². The second-order valence-electron chi connectivity index (χ2n) is 4.39. The number of rotatable bonds is 4. The summed E-state index contributed by atoms with van der Waals surface area (Å²) in [6, 6.07) is 15.1. The molecule has 0 aromatic heterocycles. The van der Waals surface area contributed by atoms with Crippen molar-refractivity contribution in [2.75, 3.05) is 0 Å². The Morgan fingerprint density at radius 3 is 2.47 bits per heavy atom. The third kappa shape index (κ3) is 4.11. The maximum absolute atomic E-state index is 11.7. The van der Waals surface area contributed by atoms with Crippen molar-refractivity contribution in [1.29, 1.82) is 0 Å². The zero-order valence-electron chi connectivity index (χ0n) is 10.7. The van der Waals surface area contributed by atoms with E-state index in [0.29, 0.717) is 23.6 Å². The number of para-hydroxylation sites is 1. The van der Waals surface area contributed by atoms with Crippen LogP contribution in [0.15, 0.2) is 48.5 Å². The molecule has 0 spiro atoms. The molecular formula is C16H15ClO2. The average Bonchev–Trinajstić information content (AvgIpc) is 2.41. The first-order valence-corrected chi connectivity index (χ1v) is 6.54. The molecule has 0 atom stereocenters. The molecule has 2 nitrogen and oxygen atoms in total. The Kier molecular flexibility index (Phi) is 4.58. The Hall–Kier alpha value is -1.80. The molecule has 0 saturated heterocycles. The van der Waals surface area contributed by atoms with Gasteiger partial charge in [0.25, 0.3) is 0 Å². The van der Waals surface area contributed by atoms with Gasteiger partial charge in [-0.05, 0) is 31.0 Å². The molecule has 0 aliphatic heterocycles. The topological polar surface area (TPSA) is 26.3 Å². The molecule has 2 aromatic carbocycles. The molecule has 0 N–H and O–H groups in total. The molecule has 0 saturated carbocycles. The van der Waals surface area contributed by atoms with Gasteiger partial charge in [0.1, 0.15) is 5.75 Å². The molecule has 2 aromatic rings. The van der Waals surface area contributed by atoms with Gasteiger partial charge in [0.15, 0.2) is 0 Å². The highest BCUT2D eigenvalue weighted by atomic mass is 35.5. The highest BCUT2D eigenvalue weighted by molar-refractivity contribution is 6.32. The van der Waals surface area contributed by atoms with Crippen LogP contribution < -0.4 is 4.74 Å². The largest absolute Gasteiger partial charge is 0.425 e. The summed E-state index contributed by atoms with van der Waals surface area (Å²) in [5, 5.41) is 0.450. The maximum atomic E-state index is 11.7. The summed E-state index contributed by atoms with van der Waals surface area (Å²) in [7, 11) is 0. The number of hydrogen-bond donors (Lipinski definition) is 0. The number of hydrogen-bond acceptors (Lipinski definition) is 2. The van der Waals surface area contributed by atoms with Crippen molar-refractivity contribution in [3.05, 3.63) is 64.7 Å². The summed E-state index contributed by atoms with van der Waals surface area (Å²) in [5.74, 6) is 0.145. The molecule has 3 heteroatoms. The number of halogens is 1. The van der Waals surface area contributed by atoms with Crippen LogP contribution >= 0.6 is 11.6 Å². The van der Waals surface area contributed by atoms with Gasteiger partial charge in [-0.1, -0.05) is 53.6 Å². The Balaban J connectivity index is 1.88. The van der Waals surface area contributed by atoms with Crippen molar-refractivity contribution >= 4 is 17.6 Å². The van der Waals surface area contributed by atoms with Gasteiger partial charge in [0.05, 0.1) is 5.02 Å². The number of esters is 1. The van der Waals surface area contributed by atoms with E-state index in [0.717, 1.165) is 5.56 Å². The van der Waals surface area contributed by atoms with Crippen LogP contribution in [-0.2, 0) is 11.2 Å². The molecule has 98 valence electrons. The summed E-state index contributed by atoms with van der Waals surface area (Å²) < 4.78 is 5.22. The van der Waals surface area contributed by atoms with E-state index in [-0.39, 0.29) is 5.97 Å². The van der Waals surface area contributed by atoms with Gasteiger partial charge in [-0.25, -0.2) is 0 Å². The number of ether oxygens (including phenoxy) is 1. The summed E-state index contributed by atoms with van der Waals surface area (Å²) in [5.41, 5.74) is 2.34. The summed E-state index contributed by atoms with van der Waals surface area (Å²) in [4.78, 5) is 11.7. The Bertz CT molecular complexity index is 561. The fraction of sp³-hybridized carbons (Fsp3) is 0.188. The van der Waals surface area contributed by atoms with E-state index in [1.165, 1.54) is 5.56 Å². The first-order valence-electron chi connectivity index (χ1n) is 6.16. The Morgan fingerprint density at radius 2 is 1.79 bits per heavy atom. The molecule has 0 heterocycles. The maximum Gasteiger partial charge on any atom is 0.311 e. The van der Waals surface area contributed by atoms with Crippen molar-refractivity contribution in [1.82, 2.24) is 0 Å². The molecule has 0 amide bonds. The zero-order chi connectivity index (χ0) is 13.7. The molecular weight excluding hydrogens is 260 g/mol. The van der Waals surface area contributed by atoms with Gasteiger partial charge in [-0.3, -0.25) is 4.79 Å². The van der Waals surface area contributed by atoms with Gasteiger partial charge in [0, 0.05) is 6.42 Å². The molecule has 0 bridgehead atoms. The minimum atomic E-state index is -0.270. The highest BCUT2D eigenvalue weighted by Crippen LogP contribution is 2.23. The predicted octanol–water partition coefficient (Wildman–Crippen LogP) is 4.19. The normalized spacial score (nSPS) is 10.2. The van der Waals surface area contributed by atoms with E-state index in [4.69, 9.17) is 16.3 Å². The van der Waals surface area contributed by atoms with Crippen LogP contribution in [0.3, 0.4) is 0 Å². The van der Waals surface area contributed by atoms with Crippen molar-refractivity contribution in [2.24, 2.45) is 0 Å². The van der Waals surface area contributed by atoms with Crippen LogP contribution in [-0.4, -0.2) is 5.97 Å². The first kappa shape index (κ1) is 13.6. The zero-order valence-corrected chi connectivity index (χ0v) is 11.5. The number of aryl methyl sites for hydroxylation is 2. The lowest BCUT2D eigenvalue weighted by Gasteiger charge is -2.06. The summed E-state index contributed by atoms with van der Waals surface area (Å²) >= 11 is 5.93. The molecule has 2 rings (SSSR count). The van der Waals surface area contributed by atoms with Crippen LogP contribution in [0.1, 0.15) is 17.5 Å². The predicted molar refractivity (Wildman–Crippen MR) is 76.6 cm³/mol. The monoisotopic (exact) mass is 274 g/mol. The molecule has 0 aliphatic rings. The van der Waals surface area contributed by atoms with E-state index >= 15 is 0 Å². The summed E-state index contributed by atoms with van der Waals surface area (Å²) in [6.45, 7) is 2.04. The summed E-state index contributed by atoms with van der Waals surface area (Å²) in [6.07, 6.45) is 1.01. The lowest BCUT2D eigenvalue weighted by Crippen LogP contribution is -2.09. The lowest BCUT2D eigenvalue weighted by molar-refractivity contribution is -0.134. The van der Waals surface area contributed by atoms with Crippen LogP contribution in [0.4, 0.5) is 0 Å². The Labute approximate surface area is 118 Å². The van der Waals surface area contributed by atoms with Gasteiger partial charge >= 0.3 is 5.97 Å². The van der Waals surface area contributed by atoms with Crippen molar-refractivity contribution in [3.8, 4) is 5.75 Å². The van der Waals surface area contributed by atoms with Crippen molar-refractivity contribution in [2.45, 2.75) is 19.8 Å². The fourth-order valence-corrected chi connectivity index (χ4v) is 1.88.